The van der Waals surface area contributed by atoms with Gasteiger partial charge in [0.05, 0.1) is 0 Å². The van der Waals surface area contributed by atoms with Crippen LogP contribution in [-0.2, 0) is 0 Å². The van der Waals surface area contributed by atoms with E-state index in [9.17, 15) is 0 Å². The Morgan fingerprint density at radius 3 is 2.71 bits per heavy atom. The summed E-state index contributed by atoms with van der Waals surface area (Å²) >= 11 is 3.46. The molecule has 2 nitrogen and oxygen atoms in total. The molecule has 1 aliphatic rings. The predicted molar refractivity (Wildman–Crippen MR) is 92.9 cm³/mol. The van der Waals surface area contributed by atoms with E-state index in [2.05, 4.69) is 35.1 Å². The predicted octanol–water partition coefficient (Wildman–Crippen LogP) is 5.02. The molecule has 1 saturated carbocycles. The maximum atomic E-state index is 5.77. The van der Waals surface area contributed by atoms with E-state index in [1.807, 2.05) is 24.3 Å². The van der Waals surface area contributed by atoms with Crippen molar-refractivity contribution in [2.75, 3.05) is 19.7 Å². The lowest BCUT2D eigenvalue weighted by molar-refractivity contribution is 0.216. The molecule has 1 aromatic rings. The summed E-state index contributed by atoms with van der Waals surface area (Å²) in [5, 5.41) is 3.62. The molecule has 0 aliphatic heterocycles. The van der Waals surface area contributed by atoms with E-state index < -0.39 is 0 Å². The van der Waals surface area contributed by atoms with Gasteiger partial charge < -0.3 is 10.1 Å². The van der Waals surface area contributed by atoms with E-state index in [0.29, 0.717) is 5.41 Å². The highest BCUT2D eigenvalue weighted by molar-refractivity contribution is 9.10. The first-order valence-electron chi connectivity index (χ1n) is 8.19. The van der Waals surface area contributed by atoms with Gasteiger partial charge in [0.2, 0.25) is 0 Å². The Hall–Kier alpha value is -0.540. The lowest BCUT2D eigenvalue weighted by atomic mass is 9.78. The molecule has 1 N–H and O–H groups in total. The highest BCUT2D eigenvalue weighted by Crippen LogP contribution is 2.42. The van der Waals surface area contributed by atoms with Gasteiger partial charge in [-0.2, -0.15) is 0 Å². The number of halogens is 1. The number of hydrogen-bond donors (Lipinski definition) is 1. The Kier molecular flexibility index (Phi) is 6.56. The van der Waals surface area contributed by atoms with Crippen LogP contribution >= 0.6 is 15.9 Å². The maximum Gasteiger partial charge on any atom is 0.120 e. The van der Waals surface area contributed by atoms with Crippen LogP contribution in [0.25, 0.3) is 0 Å². The van der Waals surface area contributed by atoms with Crippen LogP contribution in [0, 0.1) is 11.3 Å². The molecule has 0 aromatic heterocycles. The summed E-state index contributed by atoms with van der Waals surface area (Å²) in [6.45, 7) is 7.49. The molecule has 3 heteroatoms. The number of rotatable bonds is 8. The molecule has 21 heavy (non-hydrogen) atoms. The van der Waals surface area contributed by atoms with Crippen LogP contribution in [0.5, 0.6) is 5.75 Å². The van der Waals surface area contributed by atoms with Crippen LogP contribution in [0.4, 0.5) is 0 Å². The molecule has 0 saturated heterocycles. The van der Waals surface area contributed by atoms with Gasteiger partial charge in [-0.15, -0.1) is 0 Å². The third-order valence-electron chi connectivity index (χ3n) is 4.35. The Bertz CT molecular complexity index is 427. The quantitative estimate of drug-likeness (QED) is 0.662. The van der Waals surface area contributed by atoms with Crippen molar-refractivity contribution < 1.29 is 4.74 Å². The highest BCUT2D eigenvalue weighted by Gasteiger charge is 2.33. The van der Waals surface area contributed by atoms with Crippen molar-refractivity contribution in [3.63, 3.8) is 0 Å². The van der Waals surface area contributed by atoms with E-state index in [1.54, 1.807) is 0 Å². The summed E-state index contributed by atoms with van der Waals surface area (Å²) in [7, 11) is 0. The first-order chi connectivity index (χ1) is 10.1. The lowest BCUT2D eigenvalue weighted by Crippen LogP contribution is -2.35. The molecule has 0 unspecified atom stereocenters. The van der Waals surface area contributed by atoms with Gasteiger partial charge in [-0.3, -0.25) is 0 Å². The second-order valence-electron chi connectivity index (χ2n) is 6.79. The molecular weight excluding hydrogens is 326 g/mol. The van der Waals surface area contributed by atoms with Crippen LogP contribution in [-0.4, -0.2) is 19.7 Å². The Morgan fingerprint density at radius 1 is 1.29 bits per heavy atom. The molecule has 1 fully saturated rings. The zero-order valence-electron chi connectivity index (χ0n) is 13.3. The summed E-state index contributed by atoms with van der Waals surface area (Å²) in [5.74, 6) is 1.73. The second-order valence-corrected chi connectivity index (χ2v) is 7.70. The van der Waals surface area contributed by atoms with E-state index in [-0.39, 0.29) is 0 Å². The smallest absolute Gasteiger partial charge is 0.120 e. The van der Waals surface area contributed by atoms with E-state index in [0.717, 1.165) is 35.8 Å². The fourth-order valence-corrected chi connectivity index (χ4v) is 3.97. The second kappa shape index (κ2) is 8.19. The Morgan fingerprint density at radius 2 is 2.05 bits per heavy atom. The summed E-state index contributed by atoms with van der Waals surface area (Å²) in [5.41, 5.74) is 0.546. The summed E-state index contributed by atoms with van der Waals surface area (Å²) in [6.07, 6.45) is 6.95. The van der Waals surface area contributed by atoms with Crippen molar-refractivity contribution in [3.05, 3.63) is 28.7 Å². The monoisotopic (exact) mass is 353 g/mol. The van der Waals surface area contributed by atoms with Gasteiger partial charge in [0.1, 0.15) is 12.4 Å². The molecule has 0 bridgehead atoms. The molecule has 0 radical (unpaired) electrons. The van der Waals surface area contributed by atoms with E-state index in [4.69, 9.17) is 4.74 Å². The number of benzene rings is 1. The molecule has 0 heterocycles. The highest BCUT2D eigenvalue weighted by atomic mass is 79.9. The summed E-state index contributed by atoms with van der Waals surface area (Å²) in [4.78, 5) is 0. The van der Waals surface area contributed by atoms with Crippen molar-refractivity contribution in [3.8, 4) is 5.75 Å². The summed E-state index contributed by atoms with van der Waals surface area (Å²) < 4.78 is 6.84. The van der Waals surface area contributed by atoms with Crippen molar-refractivity contribution in [1.29, 1.82) is 0 Å². The third-order valence-corrected chi connectivity index (χ3v) is 4.84. The van der Waals surface area contributed by atoms with Gasteiger partial charge >= 0.3 is 0 Å². The largest absolute Gasteiger partial charge is 0.492 e. The van der Waals surface area contributed by atoms with Crippen molar-refractivity contribution in [1.82, 2.24) is 5.32 Å². The SMILES string of the molecule is CC(C)CC1(CNCCOc2cccc(Br)c2)CCCC1. The van der Waals surface area contributed by atoms with Crippen LogP contribution in [0.3, 0.4) is 0 Å². The fourth-order valence-electron chi connectivity index (χ4n) is 3.60. The first-order valence-corrected chi connectivity index (χ1v) is 8.98. The standard InChI is InChI=1S/C18H28BrNO/c1-15(2)13-18(8-3-4-9-18)14-20-10-11-21-17-7-5-6-16(19)12-17/h5-7,12,15,20H,3-4,8-11,13-14H2,1-2H3. The maximum absolute atomic E-state index is 5.77. The minimum absolute atomic E-state index is 0.546. The van der Waals surface area contributed by atoms with Gasteiger partial charge in [-0.1, -0.05) is 48.7 Å². The fraction of sp³-hybridized carbons (Fsp3) is 0.667. The number of ether oxygens (including phenoxy) is 1. The van der Waals surface area contributed by atoms with Crippen molar-refractivity contribution in [2.24, 2.45) is 11.3 Å². The van der Waals surface area contributed by atoms with Crippen molar-refractivity contribution >= 4 is 15.9 Å². The van der Waals surface area contributed by atoms with Crippen LogP contribution in [0.2, 0.25) is 0 Å². The normalized spacial score (nSPS) is 17.3. The molecule has 118 valence electrons. The number of hydrogen-bond acceptors (Lipinski definition) is 2. The van der Waals surface area contributed by atoms with E-state index >= 15 is 0 Å². The van der Waals surface area contributed by atoms with Gasteiger partial charge in [0.25, 0.3) is 0 Å². The average molecular weight is 354 g/mol. The van der Waals surface area contributed by atoms with Crippen LogP contribution in [0.15, 0.2) is 28.7 Å². The number of nitrogens with one attached hydrogen (secondary N) is 1. The topological polar surface area (TPSA) is 21.3 Å². The minimum atomic E-state index is 0.546. The Balaban J connectivity index is 1.68. The van der Waals surface area contributed by atoms with Gasteiger partial charge in [0, 0.05) is 17.6 Å². The van der Waals surface area contributed by atoms with E-state index in [1.165, 1.54) is 32.1 Å². The van der Waals surface area contributed by atoms with Crippen molar-refractivity contribution in [2.45, 2.75) is 46.0 Å². The molecular formula is C18H28BrNO. The van der Waals surface area contributed by atoms with Gasteiger partial charge in [-0.25, -0.2) is 0 Å². The molecule has 1 aliphatic carbocycles. The van der Waals surface area contributed by atoms with Crippen LogP contribution < -0.4 is 10.1 Å². The molecule has 1 aromatic carbocycles. The molecule has 0 amide bonds. The van der Waals surface area contributed by atoms with Gasteiger partial charge in [0.15, 0.2) is 0 Å². The zero-order valence-corrected chi connectivity index (χ0v) is 14.9. The summed E-state index contributed by atoms with van der Waals surface area (Å²) in [6, 6.07) is 8.03. The third kappa shape index (κ3) is 5.63. The first kappa shape index (κ1) is 16.8. The molecule has 0 spiro atoms. The van der Waals surface area contributed by atoms with Crippen LogP contribution in [0.1, 0.15) is 46.0 Å². The average Bonchev–Trinajstić information content (AvgIpc) is 2.86. The minimum Gasteiger partial charge on any atom is -0.492 e. The van der Waals surface area contributed by atoms with Gasteiger partial charge in [-0.05, 0) is 48.8 Å². The Labute approximate surface area is 137 Å². The zero-order chi connectivity index (χ0) is 15.1. The molecule has 0 atom stereocenters. The lowest BCUT2D eigenvalue weighted by Gasteiger charge is -2.31. The molecule has 2 rings (SSSR count).